The summed E-state index contributed by atoms with van der Waals surface area (Å²) < 4.78 is 0. The summed E-state index contributed by atoms with van der Waals surface area (Å²) in [6, 6.07) is 20.2. The summed E-state index contributed by atoms with van der Waals surface area (Å²) in [5.74, 6) is -0.429. The number of hydrogen-bond donors (Lipinski definition) is 1. The molecule has 0 spiro atoms. The lowest BCUT2D eigenvalue weighted by molar-refractivity contribution is -0.112. The molecule has 0 atom stereocenters. The highest BCUT2D eigenvalue weighted by molar-refractivity contribution is 7.11. The molecule has 0 fully saturated rings. The average Bonchev–Trinajstić information content (AvgIpc) is 3.21. The zero-order valence-corrected chi connectivity index (χ0v) is 16.5. The molecule has 4 aromatic rings. The minimum atomic E-state index is -0.429. The number of pyridine rings is 1. The van der Waals surface area contributed by atoms with Gasteiger partial charge in [0.2, 0.25) is 0 Å². The molecule has 4 nitrogen and oxygen atoms in total. The van der Waals surface area contributed by atoms with Crippen molar-refractivity contribution in [1.29, 1.82) is 5.26 Å². The van der Waals surface area contributed by atoms with Crippen molar-refractivity contribution in [2.45, 2.75) is 6.92 Å². The van der Waals surface area contributed by atoms with Gasteiger partial charge in [-0.1, -0.05) is 42.5 Å². The van der Waals surface area contributed by atoms with Crippen LogP contribution in [0.4, 0.5) is 5.69 Å². The Labute approximate surface area is 172 Å². The summed E-state index contributed by atoms with van der Waals surface area (Å²) in [5, 5.41) is 16.7. The Hall–Kier alpha value is -3.75. The lowest BCUT2D eigenvalue weighted by Gasteiger charge is -2.06. The van der Waals surface area contributed by atoms with Crippen LogP contribution in [0.2, 0.25) is 0 Å². The lowest BCUT2D eigenvalue weighted by Crippen LogP contribution is -2.14. The van der Waals surface area contributed by atoms with Crippen LogP contribution in [0.15, 0.2) is 77.9 Å². The van der Waals surface area contributed by atoms with Crippen LogP contribution in [0, 0.1) is 18.3 Å². The van der Waals surface area contributed by atoms with E-state index in [4.69, 9.17) is 0 Å². The van der Waals surface area contributed by atoms with Gasteiger partial charge in [0, 0.05) is 23.0 Å². The second-order valence-electron chi connectivity index (χ2n) is 6.58. The van der Waals surface area contributed by atoms with Crippen molar-refractivity contribution < 1.29 is 4.79 Å². The van der Waals surface area contributed by atoms with Crippen molar-refractivity contribution in [3.05, 3.63) is 88.4 Å². The molecular weight excluding hydrogens is 378 g/mol. The molecule has 0 saturated heterocycles. The Morgan fingerprint density at radius 1 is 1.17 bits per heavy atom. The number of carbonyl (C=O) groups excluding carboxylic acids is 1. The zero-order chi connectivity index (χ0) is 20.2. The topological polar surface area (TPSA) is 65.8 Å². The van der Waals surface area contributed by atoms with Gasteiger partial charge in [-0.3, -0.25) is 9.78 Å². The van der Waals surface area contributed by atoms with Crippen LogP contribution >= 0.6 is 11.3 Å². The SMILES string of the molecule is Cc1cnccc1NC(=O)/C(C#N)=C/c1cc(-c2cccc3ccccc23)cs1. The first-order valence-electron chi connectivity index (χ1n) is 9.06. The number of fused-ring (bicyclic) bond motifs is 1. The summed E-state index contributed by atoms with van der Waals surface area (Å²) in [4.78, 5) is 17.4. The predicted octanol–water partition coefficient (Wildman–Crippen LogP) is 5.82. The smallest absolute Gasteiger partial charge is 0.266 e. The van der Waals surface area contributed by atoms with Gasteiger partial charge in [-0.2, -0.15) is 5.26 Å². The van der Waals surface area contributed by atoms with E-state index >= 15 is 0 Å². The van der Waals surface area contributed by atoms with Crippen molar-refractivity contribution in [2.24, 2.45) is 0 Å². The first kappa shape index (κ1) is 18.6. The summed E-state index contributed by atoms with van der Waals surface area (Å²) in [7, 11) is 0. The number of aromatic nitrogens is 1. The summed E-state index contributed by atoms with van der Waals surface area (Å²) in [5.41, 5.74) is 3.75. The van der Waals surface area contributed by atoms with Crippen molar-refractivity contribution in [1.82, 2.24) is 4.98 Å². The van der Waals surface area contributed by atoms with Gasteiger partial charge in [0.1, 0.15) is 11.6 Å². The van der Waals surface area contributed by atoms with Gasteiger partial charge in [-0.05, 0) is 58.0 Å². The molecule has 0 aliphatic carbocycles. The van der Waals surface area contributed by atoms with E-state index in [0.29, 0.717) is 5.69 Å². The molecule has 0 radical (unpaired) electrons. The highest BCUT2D eigenvalue weighted by Crippen LogP contribution is 2.32. The molecule has 1 N–H and O–H groups in total. The minimum absolute atomic E-state index is 0.0625. The van der Waals surface area contributed by atoms with Crippen LogP contribution < -0.4 is 5.32 Å². The number of anilines is 1. The van der Waals surface area contributed by atoms with Crippen LogP contribution in [0.25, 0.3) is 28.0 Å². The Morgan fingerprint density at radius 3 is 2.83 bits per heavy atom. The summed E-state index contributed by atoms with van der Waals surface area (Å²) in [6.07, 6.45) is 4.90. The van der Waals surface area contributed by atoms with E-state index in [2.05, 4.69) is 34.6 Å². The maximum absolute atomic E-state index is 12.5. The van der Waals surface area contributed by atoms with Gasteiger partial charge < -0.3 is 5.32 Å². The van der Waals surface area contributed by atoms with Gasteiger partial charge in [0.25, 0.3) is 5.91 Å². The fourth-order valence-corrected chi connectivity index (χ4v) is 3.98. The molecule has 29 heavy (non-hydrogen) atoms. The average molecular weight is 395 g/mol. The molecule has 2 heterocycles. The number of carbonyl (C=O) groups is 1. The zero-order valence-electron chi connectivity index (χ0n) is 15.7. The fourth-order valence-electron chi connectivity index (χ4n) is 3.14. The maximum Gasteiger partial charge on any atom is 0.266 e. The third kappa shape index (κ3) is 3.93. The number of amides is 1. The number of nitriles is 1. The van der Waals surface area contributed by atoms with Gasteiger partial charge in [-0.25, -0.2) is 0 Å². The highest BCUT2D eigenvalue weighted by atomic mass is 32.1. The van der Waals surface area contributed by atoms with E-state index in [1.165, 1.54) is 22.1 Å². The van der Waals surface area contributed by atoms with Crippen molar-refractivity contribution in [3.63, 3.8) is 0 Å². The van der Waals surface area contributed by atoms with Crippen molar-refractivity contribution in [2.75, 3.05) is 5.32 Å². The molecule has 0 bridgehead atoms. The molecule has 0 unspecified atom stereocenters. The molecule has 1 amide bonds. The Kier molecular flexibility index (Phi) is 5.19. The largest absolute Gasteiger partial charge is 0.321 e. The number of nitrogens with one attached hydrogen (secondary N) is 1. The van der Waals surface area contributed by atoms with Crippen LogP contribution in [-0.2, 0) is 4.79 Å². The van der Waals surface area contributed by atoms with E-state index in [1.807, 2.05) is 42.6 Å². The van der Waals surface area contributed by atoms with E-state index < -0.39 is 5.91 Å². The van der Waals surface area contributed by atoms with Crippen LogP contribution in [0.3, 0.4) is 0 Å². The normalized spacial score (nSPS) is 11.2. The number of rotatable bonds is 4. The Bertz CT molecular complexity index is 1280. The third-order valence-electron chi connectivity index (χ3n) is 4.64. The molecule has 2 aromatic heterocycles. The maximum atomic E-state index is 12.5. The number of aryl methyl sites for hydroxylation is 1. The number of thiophene rings is 1. The number of hydrogen-bond acceptors (Lipinski definition) is 4. The van der Waals surface area contributed by atoms with E-state index in [9.17, 15) is 10.1 Å². The second kappa shape index (κ2) is 8.09. The fraction of sp³-hybridized carbons (Fsp3) is 0.0417. The van der Waals surface area contributed by atoms with E-state index in [1.54, 1.807) is 24.5 Å². The quantitative estimate of drug-likeness (QED) is 0.350. The molecule has 0 saturated carbocycles. The lowest BCUT2D eigenvalue weighted by atomic mass is 10.00. The predicted molar refractivity (Wildman–Crippen MR) is 118 cm³/mol. The molecule has 4 rings (SSSR count). The van der Waals surface area contributed by atoms with Gasteiger partial charge >= 0.3 is 0 Å². The third-order valence-corrected chi connectivity index (χ3v) is 5.52. The Morgan fingerprint density at radius 2 is 2.00 bits per heavy atom. The van der Waals surface area contributed by atoms with Crippen LogP contribution in [0.5, 0.6) is 0 Å². The minimum Gasteiger partial charge on any atom is -0.321 e. The highest BCUT2D eigenvalue weighted by Gasteiger charge is 2.12. The Balaban J connectivity index is 1.63. The monoisotopic (exact) mass is 395 g/mol. The molecule has 5 heteroatoms. The van der Waals surface area contributed by atoms with Crippen LogP contribution in [0.1, 0.15) is 10.4 Å². The number of benzene rings is 2. The van der Waals surface area contributed by atoms with Crippen molar-refractivity contribution in [3.8, 4) is 17.2 Å². The molecule has 0 aliphatic rings. The van der Waals surface area contributed by atoms with Gasteiger partial charge in [-0.15, -0.1) is 11.3 Å². The molecule has 140 valence electrons. The molecule has 2 aromatic carbocycles. The van der Waals surface area contributed by atoms with Crippen LogP contribution in [-0.4, -0.2) is 10.9 Å². The summed E-state index contributed by atoms with van der Waals surface area (Å²) in [6.45, 7) is 1.86. The van der Waals surface area contributed by atoms with E-state index in [0.717, 1.165) is 21.6 Å². The standard InChI is InChI=1S/C24H17N3OS/c1-16-14-26-10-9-23(16)27-24(28)18(13-25)11-20-12-19(15-29-20)22-8-4-6-17-5-2-3-7-21(17)22/h2-12,14-15H,1H3,(H,26,27,28)/b18-11+. The van der Waals surface area contributed by atoms with Crippen molar-refractivity contribution >= 4 is 39.8 Å². The first-order chi connectivity index (χ1) is 14.2. The van der Waals surface area contributed by atoms with Gasteiger partial charge in [0.05, 0.1) is 0 Å². The summed E-state index contributed by atoms with van der Waals surface area (Å²) >= 11 is 1.51. The first-order valence-corrected chi connectivity index (χ1v) is 9.94. The van der Waals surface area contributed by atoms with E-state index in [-0.39, 0.29) is 5.57 Å². The van der Waals surface area contributed by atoms with Gasteiger partial charge in [0.15, 0.2) is 0 Å². The number of nitrogens with zero attached hydrogens (tertiary/aromatic N) is 2. The second-order valence-corrected chi connectivity index (χ2v) is 7.52. The molecular formula is C24H17N3OS. The molecule has 0 aliphatic heterocycles.